The summed E-state index contributed by atoms with van der Waals surface area (Å²) in [4.78, 5) is 0. The van der Waals surface area contributed by atoms with Gasteiger partial charge in [0.25, 0.3) is 0 Å². The van der Waals surface area contributed by atoms with E-state index in [1.165, 1.54) is 0 Å². The van der Waals surface area contributed by atoms with Crippen LogP contribution in [0.4, 0.5) is 5.69 Å². The lowest BCUT2D eigenvalue weighted by Gasteiger charge is -2.18. The number of anilines is 1. The van der Waals surface area contributed by atoms with Gasteiger partial charge in [0.05, 0.1) is 0 Å². The average Bonchev–Trinajstić information content (AvgIpc) is 2.32. The van der Waals surface area contributed by atoms with E-state index in [1.54, 1.807) is 14.2 Å². The minimum Gasteiger partial charge on any atom is -0.398 e. The number of nitrogens with two attached hydrogens (primary N) is 1. The molecule has 0 aliphatic heterocycles. The molecule has 0 aliphatic carbocycles. The molecule has 0 unspecified atom stereocenters. The largest absolute Gasteiger partial charge is 0.398 e. The lowest BCUT2D eigenvalue weighted by atomic mass is 9.99. The van der Waals surface area contributed by atoms with Crippen molar-refractivity contribution in [3.63, 3.8) is 0 Å². The highest BCUT2D eigenvalue weighted by Gasteiger charge is 2.15. The van der Waals surface area contributed by atoms with Crippen LogP contribution >= 0.6 is 0 Å². The Morgan fingerprint density at radius 2 is 2.00 bits per heavy atom. The molecule has 0 bridgehead atoms. The first-order valence-corrected chi connectivity index (χ1v) is 5.27. The van der Waals surface area contributed by atoms with Crippen LogP contribution in [0.1, 0.15) is 30.8 Å². The normalized spacial score (nSPS) is 10.8. The minimum absolute atomic E-state index is 0.426. The van der Waals surface area contributed by atoms with Gasteiger partial charge in [0.15, 0.2) is 6.29 Å². The Morgan fingerprint density at radius 1 is 1.38 bits per heavy atom. The van der Waals surface area contributed by atoms with Crippen LogP contribution in [0.3, 0.4) is 0 Å². The van der Waals surface area contributed by atoms with Crippen LogP contribution in [0.2, 0.25) is 0 Å². The summed E-state index contributed by atoms with van der Waals surface area (Å²) in [5.41, 5.74) is 9.61. The second kappa shape index (κ2) is 5.68. The Labute approximate surface area is 96.9 Å². The summed E-state index contributed by atoms with van der Waals surface area (Å²) in [7, 11) is 3.18. The number of benzene rings is 1. The Balaban J connectivity index is 3.17. The van der Waals surface area contributed by atoms with Crippen LogP contribution in [0.5, 0.6) is 0 Å². The highest BCUT2D eigenvalue weighted by Crippen LogP contribution is 2.30. The van der Waals surface area contributed by atoms with Crippen molar-refractivity contribution in [3.8, 4) is 0 Å². The second-order valence-electron chi connectivity index (χ2n) is 3.57. The third-order valence-corrected chi connectivity index (χ3v) is 2.63. The van der Waals surface area contributed by atoms with Gasteiger partial charge in [-0.25, -0.2) is 0 Å². The van der Waals surface area contributed by atoms with Gasteiger partial charge in [0.2, 0.25) is 0 Å². The molecule has 0 amide bonds. The lowest BCUT2D eigenvalue weighted by molar-refractivity contribution is -0.105. The van der Waals surface area contributed by atoms with Gasteiger partial charge in [-0.3, -0.25) is 0 Å². The maximum Gasteiger partial charge on any atom is 0.185 e. The fourth-order valence-electron chi connectivity index (χ4n) is 1.64. The van der Waals surface area contributed by atoms with Crippen LogP contribution in [0, 0.1) is 0 Å². The maximum absolute atomic E-state index is 6.09. The summed E-state index contributed by atoms with van der Waals surface area (Å²) in [6, 6.07) is 5.80. The first kappa shape index (κ1) is 12.7. The summed E-state index contributed by atoms with van der Waals surface area (Å²) in [6.07, 6.45) is 0.447. The molecule has 0 saturated carbocycles. The quantitative estimate of drug-likeness (QED) is 0.614. The van der Waals surface area contributed by atoms with Gasteiger partial charge in [-0.15, -0.1) is 0 Å². The molecule has 1 aromatic rings. The van der Waals surface area contributed by atoms with E-state index in [0.29, 0.717) is 5.69 Å². The third-order valence-electron chi connectivity index (χ3n) is 2.63. The Morgan fingerprint density at radius 3 is 2.50 bits per heavy atom. The highest BCUT2D eigenvalue weighted by molar-refractivity contribution is 5.75. The van der Waals surface area contributed by atoms with Gasteiger partial charge >= 0.3 is 0 Å². The molecule has 0 saturated heterocycles. The van der Waals surface area contributed by atoms with Crippen molar-refractivity contribution < 1.29 is 9.47 Å². The zero-order chi connectivity index (χ0) is 12.1. The van der Waals surface area contributed by atoms with Crippen molar-refractivity contribution in [2.45, 2.75) is 19.6 Å². The predicted molar refractivity (Wildman–Crippen MR) is 66.9 cm³/mol. The summed E-state index contributed by atoms with van der Waals surface area (Å²) < 4.78 is 10.4. The number of rotatable bonds is 5. The van der Waals surface area contributed by atoms with Crippen molar-refractivity contribution in [1.82, 2.24) is 0 Å². The first-order valence-electron chi connectivity index (χ1n) is 5.27. The summed E-state index contributed by atoms with van der Waals surface area (Å²) in [5.74, 6) is 0. The highest BCUT2D eigenvalue weighted by atomic mass is 16.7. The minimum atomic E-state index is -0.426. The standard InChI is InChI=1S/C13H19NO2/c1-5-9(2)10-7-6-8-11(12(10)14)13(15-3)16-4/h6-8,13H,2,5,14H2,1,3-4H3. The molecule has 3 heteroatoms. The Hall–Kier alpha value is -1.32. The molecule has 3 nitrogen and oxygen atoms in total. The molecule has 0 aromatic heterocycles. The van der Waals surface area contributed by atoms with Crippen molar-refractivity contribution in [3.05, 3.63) is 35.9 Å². The first-order chi connectivity index (χ1) is 7.65. The molecule has 0 fully saturated rings. The van der Waals surface area contributed by atoms with Crippen molar-refractivity contribution in [2.75, 3.05) is 20.0 Å². The molecule has 0 radical (unpaired) electrons. The molecule has 88 valence electrons. The molecule has 1 aromatic carbocycles. The third kappa shape index (κ3) is 2.43. The predicted octanol–water partition coefficient (Wildman–Crippen LogP) is 2.98. The van der Waals surface area contributed by atoms with Crippen molar-refractivity contribution >= 4 is 11.3 Å². The van der Waals surface area contributed by atoms with E-state index >= 15 is 0 Å². The Bertz CT molecular complexity index is 370. The zero-order valence-corrected chi connectivity index (χ0v) is 10.1. The number of allylic oxidation sites excluding steroid dienone is 1. The monoisotopic (exact) mass is 221 g/mol. The van der Waals surface area contributed by atoms with E-state index < -0.39 is 6.29 Å². The van der Waals surface area contributed by atoms with Gasteiger partial charge in [0, 0.05) is 31.0 Å². The van der Waals surface area contributed by atoms with Crippen LogP contribution in [0.25, 0.3) is 5.57 Å². The molecular weight excluding hydrogens is 202 g/mol. The number of nitrogen functional groups attached to an aromatic ring is 1. The number of methoxy groups -OCH3 is 2. The molecule has 2 N–H and O–H groups in total. The van der Waals surface area contributed by atoms with E-state index in [4.69, 9.17) is 15.2 Å². The van der Waals surface area contributed by atoms with Crippen LogP contribution in [-0.4, -0.2) is 14.2 Å². The number of hydrogen-bond donors (Lipinski definition) is 1. The smallest absolute Gasteiger partial charge is 0.185 e. The Kier molecular flexibility index (Phi) is 4.52. The summed E-state index contributed by atoms with van der Waals surface area (Å²) in [5, 5.41) is 0. The molecular formula is C13H19NO2. The maximum atomic E-state index is 6.09. The van der Waals surface area contributed by atoms with Crippen LogP contribution in [-0.2, 0) is 9.47 Å². The summed E-state index contributed by atoms with van der Waals surface area (Å²) in [6.45, 7) is 6.05. The van der Waals surface area contributed by atoms with Gasteiger partial charge in [0.1, 0.15) is 0 Å². The van der Waals surface area contributed by atoms with Crippen LogP contribution < -0.4 is 5.73 Å². The fourth-order valence-corrected chi connectivity index (χ4v) is 1.64. The zero-order valence-electron chi connectivity index (χ0n) is 10.1. The molecule has 0 aliphatic rings. The van der Waals surface area contributed by atoms with Gasteiger partial charge in [-0.05, 0) is 12.0 Å². The van der Waals surface area contributed by atoms with Gasteiger partial charge in [-0.2, -0.15) is 0 Å². The van der Waals surface area contributed by atoms with Crippen LogP contribution in [0.15, 0.2) is 24.8 Å². The van der Waals surface area contributed by atoms with Gasteiger partial charge in [-0.1, -0.05) is 31.7 Å². The van der Waals surface area contributed by atoms with Crippen molar-refractivity contribution in [2.24, 2.45) is 0 Å². The van der Waals surface area contributed by atoms with E-state index in [0.717, 1.165) is 23.1 Å². The van der Waals surface area contributed by atoms with E-state index in [9.17, 15) is 0 Å². The topological polar surface area (TPSA) is 44.5 Å². The second-order valence-corrected chi connectivity index (χ2v) is 3.57. The molecule has 16 heavy (non-hydrogen) atoms. The molecule has 0 heterocycles. The summed E-state index contributed by atoms with van der Waals surface area (Å²) >= 11 is 0. The molecule has 1 rings (SSSR count). The van der Waals surface area contributed by atoms with Crippen molar-refractivity contribution in [1.29, 1.82) is 0 Å². The molecule has 0 spiro atoms. The van der Waals surface area contributed by atoms with Gasteiger partial charge < -0.3 is 15.2 Å². The van der Waals surface area contributed by atoms with E-state index in [1.807, 2.05) is 18.2 Å². The van der Waals surface area contributed by atoms with E-state index in [2.05, 4.69) is 13.5 Å². The number of para-hydroxylation sites is 1. The SMILES string of the molecule is C=C(CC)c1cccc(C(OC)OC)c1N. The lowest BCUT2D eigenvalue weighted by Crippen LogP contribution is -2.08. The van der Waals surface area contributed by atoms with E-state index in [-0.39, 0.29) is 0 Å². The fraction of sp³-hybridized carbons (Fsp3) is 0.385. The number of ether oxygens (including phenoxy) is 2. The number of hydrogen-bond acceptors (Lipinski definition) is 3. The molecule has 0 atom stereocenters. The average molecular weight is 221 g/mol.